The van der Waals surface area contributed by atoms with Gasteiger partial charge in [0.1, 0.15) is 40.4 Å². The second-order valence-corrected chi connectivity index (χ2v) is 6.42. The molecule has 0 atom stereocenters. The van der Waals surface area contributed by atoms with E-state index in [0.717, 1.165) is 0 Å². The maximum atomic E-state index is 13.9. The van der Waals surface area contributed by atoms with E-state index in [-0.39, 0.29) is 30.4 Å². The summed E-state index contributed by atoms with van der Waals surface area (Å²) in [6.07, 6.45) is 0. The maximum absolute atomic E-state index is 13.9. The van der Waals surface area contributed by atoms with Crippen LogP contribution < -0.4 is 14.8 Å². The summed E-state index contributed by atoms with van der Waals surface area (Å²) >= 11 is 1.23. The van der Waals surface area contributed by atoms with Crippen molar-refractivity contribution in [2.45, 2.75) is 6.61 Å². The van der Waals surface area contributed by atoms with Gasteiger partial charge in [-0.05, 0) is 24.3 Å². The standard InChI is InChI=1S/C18H12F2N2O3S/c19-10-3-1-4-11(20)17(10)12-9-26-16(21-12)8-25-14-6-2-5-13-18(14)22-15(23)7-24-13/h1-6,9H,7-8H2,(H,22,23). The third kappa shape index (κ3) is 3.11. The summed E-state index contributed by atoms with van der Waals surface area (Å²) in [5.74, 6) is -0.639. The molecule has 1 amide bonds. The number of anilines is 1. The van der Waals surface area contributed by atoms with Gasteiger partial charge in [-0.2, -0.15) is 0 Å². The van der Waals surface area contributed by atoms with E-state index in [1.54, 1.807) is 23.6 Å². The van der Waals surface area contributed by atoms with Gasteiger partial charge in [-0.1, -0.05) is 12.1 Å². The first-order chi connectivity index (χ1) is 12.6. The number of carbonyl (C=O) groups is 1. The normalized spacial score (nSPS) is 12.9. The lowest BCUT2D eigenvalue weighted by atomic mass is 10.1. The molecule has 2 heterocycles. The van der Waals surface area contributed by atoms with Crippen LogP contribution in [-0.2, 0) is 11.4 Å². The number of hydrogen-bond acceptors (Lipinski definition) is 5. The molecule has 132 valence electrons. The lowest BCUT2D eigenvalue weighted by Gasteiger charge is -2.20. The second-order valence-electron chi connectivity index (χ2n) is 5.48. The van der Waals surface area contributed by atoms with Crippen molar-refractivity contribution in [2.24, 2.45) is 0 Å². The van der Waals surface area contributed by atoms with E-state index in [1.165, 1.54) is 29.5 Å². The zero-order valence-corrected chi connectivity index (χ0v) is 14.1. The summed E-state index contributed by atoms with van der Waals surface area (Å²) in [6, 6.07) is 8.84. The fraction of sp³-hybridized carbons (Fsp3) is 0.111. The van der Waals surface area contributed by atoms with E-state index in [0.29, 0.717) is 22.2 Å². The molecule has 1 N–H and O–H groups in total. The van der Waals surface area contributed by atoms with Crippen molar-refractivity contribution in [3.8, 4) is 22.8 Å². The van der Waals surface area contributed by atoms with Crippen molar-refractivity contribution in [1.82, 2.24) is 4.98 Å². The molecule has 0 radical (unpaired) electrons. The minimum absolute atomic E-state index is 0.0412. The van der Waals surface area contributed by atoms with Crippen LogP contribution in [0.5, 0.6) is 11.5 Å². The molecule has 2 aromatic carbocycles. The second kappa shape index (κ2) is 6.72. The number of halogens is 2. The summed E-state index contributed by atoms with van der Waals surface area (Å²) in [5.41, 5.74) is 0.518. The van der Waals surface area contributed by atoms with E-state index >= 15 is 0 Å². The Morgan fingerprint density at radius 3 is 2.77 bits per heavy atom. The quantitative estimate of drug-likeness (QED) is 0.750. The smallest absolute Gasteiger partial charge is 0.262 e. The fourth-order valence-electron chi connectivity index (χ4n) is 2.57. The van der Waals surface area contributed by atoms with Gasteiger partial charge in [-0.25, -0.2) is 13.8 Å². The number of ether oxygens (including phenoxy) is 2. The molecule has 1 aliphatic rings. The minimum atomic E-state index is -0.667. The van der Waals surface area contributed by atoms with Crippen LogP contribution in [0.3, 0.4) is 0 Å². The molecule has 0 unspecified atom stereocenters. The molecule has 0 fully saturated rings. The number of carbonyl (C=O) groups excluding carboxylic acids is 1. The Kier molecular flexibility index (Phi) is 4.26. The molecule has 0 aliphatic carbocycles. The Morgan fingerprint density at radius 2 is 1.96 bits per heavy atom. The fourth-order valence-corrected chi connectivity index (χ4v) is 3.26. The molecule has 0 bridgehead atoms. The molecular weight excluding hydrogens is 362 g/mol. The van der Waals surface area contributed by atoms with Crippen LogP contribution in [0.25, 0.3) is 11.3 Å². The lowest BCUT2D eigenvalue weighted by Crippen LogP contribution is -2.25. The molecule has 0 saturated heterocycles. The largest absolute Gasteiger partial charge is 0.484 e. The number of aromatic nitrogens is 1. The minimum Gasteiger partial charge on any atom is -0.484 e. The van der Waals surface area contributed by atoms with Gasteiger partial charge < -0.3 is 14.8 Å². The van der Waals surface area contributed by atoms with E-state index in [2.05, 4.69) is 10.3 Å². The Balaban J connectivity index is 1.54. The number of nitrogens with zero attached hydrogens (tertiary/aromatic N) is 1. The van der Waals surface area contributed by atoms with Gasteiger partial charge in [0.05, 0.1) is 11.3 Å². The van der Waals surface area contributed by atoms with Crippen LogP contribution in [-0.4, -0.2) is 17.5 Å². The zero-order valence-electron chi connectivity index (χ0n) is 13.3. The molecule has 8 heteroatoms. The number of amides is 1. The number of para-hydroxylation sites is 1. The highest BCUT2D eigenvalue weighted by molar-refractivity contribution is 7.09. The van der Waals surface area contributed by atoms with Gasteiger partial charge in [0.15, 0.2) is 6.61 Å². The summed E-state index contributed by atoms with van der Waals surface area (Å²) in [5, 5.41) is 4.83. The molecule has 5 nitrogen and oxygen atoms in total. The first kappa shape index (κ1) is 16.5. The van der Waals surface area contributed by atoms with Gasteiger partial charge in [-0.15, -0.1) is 11.3 Å². The van der Waals surface area contributed by atoms with Crippen LogP contribution in [0.4, 0.5) is 14.5 Å². The van der Waals surface area contributed by atoms with E-state index in [4.69, 9.17) is 9.47 Å². The Bertz CT molecular complexity index is 970. The van der Waals surface area contributed by atoms with Gasteiger partial charge in [-0.3, -0.25) is 4.79 Å². The topological polar surface area (TPSA) is 60.5 Å². The molecule has 26 heavy (non-hydrogen) atoms. The van der Waals surface area contributed by atoms with Crippen molar-refractivity contribution in [1.29, 1.82) is 0 Å². The number of thiazole rings is 1. The predicted molar refractivity (Wildman–Crippen MR) is 92.4 cm³/mol. The summed E-state index contributed by atoms with van der Waals surface area (Å²) < 4.78 is 38.8. The first-order valence-electron chi connectivity index (χ1n) is 7.69. The van der Waals surface area contributed by atoms with E-state index < -0.39 is 11.6 Å². The van der Waals surface area contributed by atoms with Crippen molar-refractivity contribution in [2.75, 3.05) is 11.9 Å². The van der Waals surface area contributed by atoms with Gasteiger partial charge in [0, 0.05) is 5.38 Å². The highest BCUT2D eigenvalue weighted by atomic mass is 32.1. The SMILES string of the molecule is O=C1COc2cccc(OCc3nc(-c4c(F)cccc4F)cs3)c2N1. The van der Waals surface area contributed by atoms with Crippen molar-refractivity contribution >= 4 is 22.9 Å². The Hall–Kier alpha value is -3.00. The Labute approximate surface area is 151 Å². The number of benzene rings is 2. The third-order valence-electron chi connectivity index (χ3n) is 3.73. The summed E-state index contributed by atoms with van der Waals surface area (Å²) in [7, 11) is 0. The van der Waals surface area contributed by atoms with Gasteiger partial charge in [0.25, 0.3) is 5.91 Å². The van der Waals surface area contributed by atoms with E-state index in [1.807, 2.05) is 0 Å². The molecule has 0 spiro atoms. The molecule has 4 rings (SSSR count). The van der Waals surface area contributed by atoms with Crippen molar-refractivity contribution in [3.63, 3.8) is 0 Å². The Morgan fingerprint density at radius 1 is 1.19 bits per heavy atom. The third-order valence-corrected chi connectivity index (χ3v) is 4.56. The van der Waals surface area contributed by atoms with Crippen LogP contribution in [0, 0.1) is 11.6 Å². The predicted octanol–water partition coefficient (Wildman–Crippen LogP) is 4.00. The lowest BCUT2D eigenvalue weighted by molar-refractivity contribution is -0.118. The number of hydrogen-bond donors (Lipinski definition) is 1. The summed E-state index contributed by atoms with van der Waals surface area (Å²) in [6.45, 7) is 0.0492. The maximum Gasteiger partial charge on any atom is 0.262 e. The first-order valence-corrected chi connectivity index (χ1v) is 8.57. The number of nitrogens with one attached hydrogen (secondary N) is 1. The highest BCUT2D eigenvalue weighted by Gasteiger charge is 2.20. The molecule has 0 saturated carbocycles. The van der Waals surface area contributed by atoms with Crippen LogP contribution >= 0.6 is 11.3 Å². The van der Waals surface area contributed by atoms with Crippen molar-refractivity contribution < 1.29 is 23.0 Å². The average Bonchev–Trinajstić information content (AvgIpc) is 3.08. The van der Waals surface area contributed by atoms with Crippen molar-refractivity contribution in [3.05, 3.63) is 58.4 Å². The molecule has 1 aromatic heterocycles. The van der Waals surface area contributed by atoms with Gasteiger partial charge >= 0.3 is 0 Å². The van der Waals surface area contributed by atoms with Crippen LogP contribution in [0.15, 0.2) is 41.8 Å². The van der Waals surface area contributed by atoms with Crippen LogP contribution in [0.1, 0.15) is 5.01 Å². The zero-order chi connectivity index (χ0) is 18.1. The average molecular weight is 374 g/mol. The van der Waals surface area contributed by atoms with Gasteiger partial charge in [0.2, 0.25) is 0 Å². The number of fused-ring (bicyclic) bond motifs is 1. The molecule has 1 aliphatic heterocycles. The molecular formula is C18H12F2N2O3S. The number of rotatable bonds is 4. The summed E-state index contributed by atoms with van der Waals surface area (Å²) in [4.78, 5) is 15.7. The van der Waals surface area contributed by atoms with E-state index in [9.17, 15) is 13.6 Å². The monoisotopic (exact) mass is 374 g/mol. The van der Waals surface area contributed by atoms with Crippen LogP contribution in [0.2, 0.25) is 0 Å². The highest BCUT2D eigenvalue weighted by Crippen LogP contribution is 2.37. The molecule has 3 aromatic rings.